The molecule has 88 valence electrons. The molecule has 1 aromatic heterocycles. The van der Waals surface area contributed by atoms with Crippen molar-refractivity contribution in [3.05, 3.63) is 15.8 Å². The molecule has 0 bridgehead atoms. The second kappa shape index (κ2) is 5.24. The van der Waals surface area contributed by atoms with Gasteiger partial charge in [-0.2, -0.15) is 4.98 Å². The van der Waals surface area contributed by atoms with Crippen molar-refractivity contribution < 1.29 is 9.66 Å². The first-order valence-electron chi connectivity index (χ1n) is 4.93. The number of nitrogens with one attached hydrogen (secondary N) is 1. The van der Waals surface area contributed by atoms with Crippen molar-refractivity contribution in [3.63, 3.8) is 0 Å². The van der Waals surface area contributed by atoms with Crippen LogP contribution in [0.3, 0.4) is 0 Å². The van der Waals surface area contributed by atoms with Gasteiger partial charge in [0.25, 0.3) is 5.88 Å². The Balaban J connectivity index is 3.17. The lowest BCUT2D eigenvalue weighted by atomic mass is 10.3. The second-order valence-electron chi connectivity index (χ2n) is 3.14. The fourth-order valence-electron chi connectivity index (χ4n) is 1.16. The number of aryl methyl sites for hydroxylation is 1. The van der Waals surface area contributed by atoms with Crippen LogP contribution in [0.1, 0.15) is 19.0 Å². The third-order valence-corrected chi connectivity index (χ3v) is 1.88. The molecule has 0 aromatic carbocycles. The predicted molar refractivity (Wildman–Crippen MR) is 58.8 cm³/mol. The highest BCUT2D eigenvalue weighted by Crippen LogP contribution is 2.28. The normalized spacial score (nSPS) is 9.94. The fraction of sp³-hybridized carbons (Fsp3) is 0.556. The summed E-state index contributed by atoms with van der Waals surface area (Å²) in [5.41, 5.74) is 0.114. The van der Waals surface area contributed by atoms with Gasteiger partial charge in [-0.05, 0) is 13.3 Å². The van der Waals surface area contributed by atoms with E-state index in [1.54, 1.807) is 14.0 Å². The summed E-state index contributed by atoms with van der Waals surface area (Å²) in [6.07, 6.45) is 0.759. The fourth-order valence-corrected chi connectivity index (χ4v) is 1.16. The second-order valence-corrected chi connectivity index (χ2v) is 3.14. The molecule has 0 saturated carbocycles. The summed E-state index contributed by atoms with van der Waals surface area (Å²) in [5, 5.41) is 13.6. The molecule has 0 spiro atoms. The van der Waals surface area contributed by atoms with E-state index in [0.29, 0.717) is 12.6 Å². The number of nitro groups is 1. The van der Waals surface area contributed by atoms with Crippen LogP contribution in [0.25, 0.3) is 0 Å². The molecule has 0 unspecified atom stereocenters. The maximum absolute atomic E-state index is 10.8. The van der Waals surface area contributed by atoms with Gasteiger partial charge in [0, 0.05) is 7.05 Å². The van der Waals surface area contributed by atoms with Gasteiger partial charge in [0.15, 0.2) is 0 Å². The molecular weight excluding hydrogens is 212 g/mol. The maximum atomic E-state index is 10.8. The smallest absolute Gasteiger partial charge is 0.352 e. The Morgan fingerprint density at radius 1 is 1.50 bits per heavy atom. The average Bonchev–Trinajstić information content (AvgIpc) is 2.24. The Morgan fingerprint density at radius 3 is 2.69 bits per heavy atom. The highest BCUT2D eigenvalue weighted by atomic mass is 16.6. The number of rotatable bonds is 5. The van der Waals surface area contributed by atoms with Crippen LogP contribution in [0.15, 0.2) is 0 Å². The number of anilines is 1. The van der Waals surface area contributed by atoms with E-state index in [1.807, 2.05) is 6.92 Å². The van der Waals surface area contributed by atoms with Crippen molar-refractivity contribution in [2.75, 3.05) is 19.0 Å². The van der Waals surface area contributed by atoms with Crippen molar-refractivity contribution in [3.8, 4) is 5.88 Å². The SMILES string of the molecule is CCCOc1nc(NC)nc(C)c1[N+](=O)[O-]. The average molecular weight is 226 g/mol. The molecule has 1 rings (SSSR count). The summed E-state index contributed by atoms with van der Waals surface area (Å²) in [6, 6.07) is 0. The van der Waals surface area contributed by atoms with Crippen LogP contribution in [-0.2, 0) is 0 Å². The quantitative estimate of drug-likeness (QED) is 0.604. The third-order valence-electron chi connectivity index (χ3n) is 1.88. The van der Waals surface area contributed by atoms with E-state index >= 15 is 0 Å². The van der Waals surface area contributed by atoms with Crippen LogP contribution in [0, 0.1) is 17.0 Å². The maximum Gasteiger partial charge on any atom is 0.352 e. The summed E-state index contributed by atoms with van der Waals surface area (Å²) in [6.45, 7) is 3.86. The highest BCUT2D eigenvalue weighted by Gasteiger charge is 2.23. The number of nitrogens with zero attached hydrogens (tertiary/aromatic N) is 3. The summed E-state index contributed by atoms with van der Waals surface area (Å²) >= 11 is 0. The van der Waals surface area contributed by atoms with E-state index in [0.717, 1.165) is 6.42 Å². The lowest BCUT2D eigenvalue weighted by molar-refractivity contribution is -0.387. The van der Waals surface area contributed by atoms with E-state index in [1.165, 1.54) is 0 Å². The zero-order chi connectivity index (χ0) is 12.1. The Morgan fingerprint density at radius 2 is 2.19 bits per heavy atom. The summed E-state index contributed by atoms with van der Waals surface area (Å²) in [5.74, 6) is 0.331. The van der Waals surface area contributed by atoms with Gasteiger partial charge in [0.1, 0.15) is 5.69 Å². The molecule has 0 aliphatic heterocycles. The third kappa shape index (κ3) is 2.56. The standard InChI is InChI=1S/C9H14N4O3/c1-4-5-16-8-7(13(14)15)6(2)11-9(10-3)12-8/h4-5H2,1-3H3,(H,10,11,12). The summed E-state index contributed by atoms with van der Waals surface area (Å²) in [4.78, 5) is 18.2. The first-order chi connectivity index (χ1) is 7.60. The minimum Gasteiger partial charge on any atom is -0.473 e. The van der Waals surface area contributed by atoms with Crippen LogP contribution in [-0.4, -0.2) is 28.5 Å². The number of hydrogen-bond acceptors (Lipinski definition) is 6. The van der Waals surface area contributed by atoms with E-state index in [9.17, 15) is 10.1 Å². The predicted octanol–water partition coefficient (Wildman–Crippen LogP) is 1.52. The molecule has 0 atom stereocenters. The molecule has 0 aliphatic rings. The first-order valence-corrected chi connectivity index (χ1v) is 4.93. The molecule has 0 aliphatic carbocycles. The largest absolute Gasteiger partial charge is 0.473 e. The van der Waals surface area contributed by atoms with Crippen molar-refractivity contribution in [1.82, 2.24) is 9.97 Å². The van der Waals surface area contributed by atoms with Crippen LogP contribution in [0.5, 0.6) is 5.88 Å². The molecule has 0 saturated heterocycles. The van der Waals surface area contributed by atoms with Crippen molar-refractivity contribution in [2.45, 2.75) is 20.3 Å². The van der Waals surface area contributed by atoms with Gasteiger partial charge in [-0.3, -0.25) is 10.1 Å². The zero-order valence-electron chi connectivity index (χ0n) is 9.48. The zero-order valence-corrected chi connectivity index (χ0v) is 9.48. The van der Waals surface area contributed by atoms with Crippen LogP contribution < -0.4 is 10.1 Å². The topological polar surface area (TPSA) is 90.2 Å². The van der Waals surface area contributed by atoms with E-state index in [2.05, 4.69) is 15.3 Å². The van der Waals surface area contributed by atoms with Gasteiger partial charge in [-0.15, -0.1) is 0 Å². The van der Waals surface area contributed by atoms with Crippen molar-refractivity contribution in [2.24, 2.45) is 0 Å². The number of ether oxygens (including phenoxy) is 1. The minimum absolute atomic E-state index is 0.0173. The van der Waals surface area contributed by atoms with Crippen LogP contribution >= 0.6 is 0 Å². The Hall–Kier alpha value is -1.92. The van der Waals surface area contributed by atoms with Crippen LogP contribution in [0.4, 0.5) is 11.6 Å². The van der Waals surface area contributed by atoms with Gasteiger partial charge in [-0.1, -0.05) is 6.92 Å². The lowest BCUT2D eigenvalue weighted by Gasteiger charge is -2.07. The Labute approximate surface area is 93.0 Å². The van der Waals surface area contributed by atoms with E-state index in [4.69, 9.17) is 4.74 Å². The molecule has 1 heterocycles. The number of aromatic nitrogens is 2. The first kappa shape index (κ1) is 12.2. The molecular formula is C9H14N4O3. The minimum atomic E-state index is -0.528. The van der Waals surface area contributed by atoms with Gasteiger partial charge < -0.3 is 10.1 Å². The lowest BCUT2D eigenvalue weighted by Crippen LogP contribution is -2.07. The molecule has 7 heteroatoms. The van der Waals surface area contributed by atoms with Gasteiger partial charge >= 0.3 is 5.69 Å². The van der Waals surface area contributed by atoms with Gasteiger partial charge in [0.2, 0.25) is 5.95 Å². The van der Waals surface area contributed by atoms with Gasteiger partial charge in [-0.25, -0.2) is 4.98 Å². The van der Waals surface area contributed by atoms with E-state index in [-0.39, 0.29) is 17.3 Å². The van der Waals surface area contributed by atoms with Crippen LogP contribution in [0.2, 0.25) is 0 Å². The molecule has 7 nitrogen and oxygen atoms in total. The monoisotopic (exact) mass is 226 g/mol. The Kier molecular flexibility index (Phi) is 3.98. The van der Waals surface area contributed by atoms with Crippen molar-refractivity contribution in [1.29, 1.82) is 0 Å². The molecule has 16 heavy (non-hydrogen) atoms. The molecule has 0 amide bonds. The summed E-state index contributed by atoms with van der Waals surface area (Å²) < 4.78 is 5.24. The van der Waals surface area contributed by atoms with Crippen molar-refractivity contribution >= 4 is 11.6 Å². The summed E-state index contributed by atoms with van der Waals surface area (Å²) in [7, 11) is 1.64. The van der Waals surface area contributed by atoms with Gasteiger partial charge in [0.05, 0.1) is 11.5 Å². The van der Waals surface area contributed by atoms with E-state index < -0.39 is 4.92 Å². The molecule has 1 N–H and O–H groups in total. The molecule has 0 radical (unpaired) electrons. The highest BCUT2D eigenvalue weighted by molar-refractivity contribution is 5.48. The molecule has 0 fully saturated rings. The number of hydrogen-bond donors (Lipinski definition) is 1. The molecule has 1 aromatic rings. The Bertz CT molecular complexity index is 395.